The Bertz CT molecular complexity index is 1290. The molecule has 0 radical (unpaired) electrons. The average molecular weight is 415 g/mol. The lowest BCUT2D eigenvalue weighted by atomic mass is 9.83. The van der Waals surface area contributed by atoms with Gasteiger partial charge in [-0.15, -0.1) is 11.6 Å². The highest BCUT2D eigenvalue weighted by Gasteiger charge is 2.38. The average Bonchev–Trinajstić information content (AvgIpc) is 3.43. The van der Waals surface area contributed by atoms with Gasteiger partial charge in [-0.2, -0.15) is 0 Å². The molecule has 2 heterocycles. The van der Waals surface area contributed by atoms with Crippen LogP contribution < -0.4 is 0 Å². The number of benzene rings is 3. The highest BCUT2D eigenvalue weighted by Crippen LogP contribution is 2.48. The van der Waals surface area contributed by atoms with Crippen molar-refractivity contribution in [2.75, 3.05) is 7.11 Å². The summed E-state index contributed by atoms with van der Waals surface area (Å²) in [4.78, 5) is 17.6. The number of aromatic nitrogens is 2. The highest BCUT2D eigenvalue weighted by atomic mass is 35.5. The van der Waals surface area contributed by atoms with Gasteiger partial charge in [0.15, 0.2) is 0 Å². The Morgan fingerprint density at radius 2 is 1.30 bits per heavy atom. The van der Waals surface area contributed by atoms with Crippen molar-refractivity contribution in [1.29, 1.82) is 0 Å². The molecule has 2 N–H and O–H groups in total. The van der Waals surface area contributed by atoms with Crippen LogP contribution in [-0.4, -0.2) is 23.0 Å². The van der Waals surface area contributed by atoms with Crippen LogP contribution >= 0.6 is 11.6 Å². The summed E-state index contributed by atoms with van der Waals surface area (Å²) in [5, 5.41) is 2.10. The molecule has 0 saturated carbocycles. The molecule has 0 spiro atoms. The van der Waals surface area contributed by atoms with Gasteiger partial charge in [0.05, 0.1) is 12.7 Å². The van der Waals surface area contributed by atoms with E-state index in [4.69, 9.17) is 16.3 Å². The summed E-state index contributed by atoms with van der Waals surface area (Å²) in [6.45, 7) is 0. The fourth-order valence-corrected chi connectivity index (χ4v) is 4.56. The molecule has 3 aromatic carbocycles. The molecule has 148 valence electrons. The van der Waals surface area contributed by atoms with Gasteiger partial charge in [-0.05, 0) is 29.8 Å². The Hall–Kier alpha value is -3.50. The van der Waals surface area contributed by atoms with E-state index in [-0.39, 0.29) is 5.97 Å². The first-order chi connectivity index (χ1) is 14.6. The zero-order valence-electron chi connectivity index (χ0n) is 16.3. The molecule has 5 heteroatoms. The number of esters is 1. The Labute approximate surface area is 178 Å². The van der Waals surface area contributed by atoms with Crippen molar-refractivity contribution in [3.63, 3.8) is 0 Å². The number of carbonyl (C=O) groups is 1. The van der Waals surface area contributed by atoms with Gasteiger partial charge < -0.3 is 14.7 Å². The van der Waals surface area contributed by atoms with Gasteiger partial charge in [-0.1, -0.05) is 48.5 Å². The summed E-state index contributed by atoms with van der Waals surface area (Å²) in [6, 6.07) is 23.5. The molecule has 0 unspecified atom stereocenters. The third kappa shape index (κ3) is 2.72. The number of fused-ring (bicyclic) bond motifs is 2. The van der Waals surface area contributed by atoms with E-state index >= 15 is 0 Å². The monoisotopic (exact) mass is 414 g/mol. The molecule has 5 rings (SSSR count). The molecule has 30 heavy (non-hydrogen) atoms. The first-order valence-corrected chi connectivity index (χ1v) is 10.0. The van der Waals surface area contributed by atoms with Crippen molar-refractivity contribution in [3.8, 4) is 0 Å². The number of halogens is 1. The minimum absolute atomic E-state index is 0.374. The molecule has 2 aromatic heterocycles. The van der Waals surface area contributed by atoms with E-state index in [1.807, 2.05) is 60.9 Å². The second-order valence-corrected chi connectivity index (χ2v) is 7.79. The van der Waals surface area contributed by atoms with Crippen LogP contribution in [0.5, 0.6) is 0 Å². The molecule has 5 aromatic rings. The maximum absolute atomic E-state index is 11.9. The third-order valence-electron chi connectivity index (χ3n) is 5.62. The predicted molar refractivity (Wildman–Crippen MR) is 120 cm³/mol. The van der Waals surface area contributed by atoms with E-state index < -0.39 is 4.87 Å². The number of ether oxygens (including phenoxy) is 1. The van der Waals surface area contributed by atoms with Gasteiger partial charge in [0.25, 0.3) is 0 Å². The Morgan fingerprint density at radius 1 is 0.800 bits per heavy atom. The van der Waals surface area contributed by atoms with Crippen molar-refractivity contribution in [2.24, 2.45) is 0 Å². The van der Waals surface area contributed by atoms with Crippen LogP contribution in [-0.2, 0) is 9.61 Å². The van der Waals surface area contributed by atoms with Crippen molar-refractivity contribution >= 4 is 39.4 Å². The van der Waals surface area contributed by atoms with Crippen molar-refractivity contribution in [2.45, 2.75) is 4.87 Å². The lowest BCUT2D eigenvalue weighted by Gasteiger charge is -2.28. The first kappa shape index (κ1) is 18.5. The smallest absolute Gasteiger partial charge is 0.337 e. The van der Waals surface area contributed by atoms with Gasteiger partial charge in [0, 0.05) is 45.3 Å². The summed E-state index contributed by atoms with van der Waals surface area (Å²) in [6.07, 6.45) is 3.93. The quantitative estimate of drug-likeness (QED) is 0.281. The van der Waals surface area contributed by atoms with Crippen LogP contribution in [0.2, 0.25) is 0 Å². The number of H-pyrrole nitrogens is 2. The number of carbonyl (C=O) groups excluding carboxylic acids is 1. The van der Waals surface area contributed by atoms with E-state index in [9.17, 15) is 4.79 Å². The van der Waals surface area contributed by atoms with Gasteiger partial charge in [-0.25, -0.2) is 4.79 Å². The normalized spacial score (nSPS) is 11.8. The van der Waals surface area contributed by atoms with Gasteiger partial charge in [-0.3, -0.25) is 0 Å². The number of aromatic amines is 2. The van der Waals surface area contributed by atoms with Crippen LogP contribution in [0.1, 0.15) is 27.0 Å². The number of para-hydroxylation sites is 2. The minimum atomic E-state index is -0.964. The summed E-state index contributed by atoms with van der Waals surface area (Å²) in [5.41, 5.74) is 5.29. The topological polar surface area (TPSA) is 57.9 Å². The van der Waals surface area contributed by atoms with Gasteiger partial charge >= 0.3 is 5.97 Å². The lowest BCUT2D eigenvalue weighted by molar-refractivity contribution is 0.0600. The minimum Gasteiger partial charge on any atom is -0.465 e. The largest absolute Gasteiger partial charge is 0.465 e. The maximum atomic E-state index is 11.9. The number of nitrogens with one attached hydrogen (secondary N) is 2. The number of alkyl halides is 1. The first-order valence-electron chi connectivity index (χ1n) is 9.64. The number of hydrogen-bond acceptors (Lipinski definition) is 2. The van der Waals surface area contributed by atoms with E-state index in [2.05, 4.69) is 22.1 Å². The fraction of sp³-hybridized carbons (Fsp3) is 0.0800. The fourth-order valence-electron chi connectivity index (χ4n) is 4.12. The molecular formula is C25H19ClN2O2. The number of rotatable bonds is 4. The van der Waals surface area contributed by atoms with Crippen LogP contribution in [0, 0.1) is 0 Å². The second kappa shape index (κ2) is 7.08. The summed E-state index contributed by atoms with van der Waals surface area (Å²) in [5.74, 6) is -0.374. The van der Waals surface area contributed by atoms with Crippen molar-refractivity contribution < 1.29 is 9.53 Å². The van der Waals surface area contributed by atoms with E-state index in [0.29, 0.717) is 5.56 Å². The third-order valence-corrected chi connectivity index (χ3v) is 6.25. The maximum Gasteiger partial charge on any atom is 0.337 e. The standard InChI is InChI=1S/C25H19ClN2O2/c1-30-24(29)16-10-12-17(13-11-16)25(26,20-14-27-22-8-4-2-6-18(20)22)21-15-28-23-9-5-3-7-19(21)23/h2-15,27-28H,1H3. The molecule has 0 bridgehead atoms. The molecule has 0 aliphatic rings. The Kier molecular flexibility index (Phi) is 4.37. The van der Waals surface area contributed by atoms with Crippen molar-refractivity contribution in [1.82, 2.24) is 9.97 Å². The summed E-state index contributed by atoms with van der Waals surface area (Å²) in [7, 11) is 1.37. The second-order valence-electron chi connectivity index (χ2n) is 7.22. The molecule has 0 aliphatic carbocycles. The predicted octanol–water partition coefficient (Wildman–Crippen LogP) is 5.97. The lowest BCUT2D eigenvalue weighted by Crippen LogP contribution is -2.22. The Balaban J connectivity index is 1.79. The zero-order valence-corrected chi connectivity index (χ0v) is 17.0. The van der Waals surface area contributed by atoms with E-state index in [1.165, 1.54) is 7.11 Å². The number of methoxy groups -OCH3 is 1. The molecule has 0 saturated heterocycles. The molecule has 0 amide bonds. The summed E-state index contributed by atoms with van der Waals surface area (Å²) >= 11 is 7.57. The van der Waals surface area contributed by atoms with Gasteiger partial charge in [0.1, 0.15) is 4.87 Å². The molecule has 0 atom stereocenters. The molecule has 4 nitrogen and oxygen atoms in total. The molecule has 0 aliphatic heterocycles. The van der Waals surface area contributed by atoms with Gasteiger partial charge in [0.2, 0.25) is 0 Å². The number of hydrogen-bond donors (Lipinski definition) is 2. The van der Waals surface area contributed by atoms with E-state index in [1.54, 1.807) is 12.1 Å². The highest BCUT2D eigenvalue weighted by molar-refractivity contribution is 6.30. The SMILES string of the molecule is COC(=O)c1ccc(C(Cl)(c2c[nH]c3ccccc23)c2c[nH]c3ccccc23)cc1. The van der Waals surface area contributed by atoms with Crippen LogP contribution in [0.4, 0.5) is 0 Å². The van der Waals surface area contributed by atoms with Crippen LogP contribution in [0.3, 0.4) is 0 Å². The van der Waals surface area contributed by atoms with Crippen LogP contribution in [0.25, 0.3) is 21.8 Å². The molecule has 0 fully saturated rings. The zero-order chi connectivity index (χ0) is 20.7. The van der Waals surface area contributed by atoms with Crippen LogP contribution in [0.15, 0.2) is 85.2 Å². The van der Waals surface area contributed by atoms with E-state index in [0.717, 1.165) is 38.5 Å². The summed E-state index contributed by atoms with van der Waals surface area (Å²) < 4.78 is 4.84. The Morgan fingerprint density at radius 3 is 1.80 bits per heavy atom. The molecular weight excluding hydrogens is 396 g/mol. The van der Waals surface area contributed by atoms with Crippen molar-refractivity contribution in [3.05, 3.63) is 107 Å².